The summed E-state index contributed by atoms with van der Waals surface area (Å²) >= 11 is 1.58. The average molecular weight is 546 g/mol. The summed E-state index contributed by atoms with van der Waals surface area (Å²) in [5.74, 6) is -0.832. The molecule has 1 aliphatic heterocycles. The van der Waals surface area contributed by atoms with Crippen LogP contribution in [0.25, 0.3) is 10.4 Å². The molecule has 2 heterocycles. The highest BCUT2D eigenvalue weighted by atomic mass is 32.1. The van der Waals surface area contributed by atoms with E-state index in [4.69, 9.17) is 5.11 Å². The highest BCUT2D eigenvalue weighted by molar-refractivity contribution is 7.13. The Morgan fingerprint density at radius 1 is 1.29 bits per heavy atom. The number of nitrogens with zero attached hydrogens (tertiary/aromatic N) is 3. The smallest absolute Gasteiger partial charge is 0.407 e. The zero-order valence-corrected chi connectivity index (χ0v) is 22.8. The third-order valence-corrected chi connectivity index (χ3v) is 7.70. The normalized spacial score (nSPS) is 18.6. The Hall–Kier alpha value is -3.35. The fourth-order valence-corrected chi connectivity index (χ4v) is 5.34. The van der Waals surface area contributed by atoms with Crippen LogP contribution in [0.1, 0.15) is 31.5 Å². The van der Waals surface area contributed by atoms with Gasteiger partial charge in [0.05, 0.1) is 34.3 Å². The lowest BCUT2D eigenvalue weighted by molar-refractivity contribution is -0.128. The highest BCUT2D eigenvalue weighted by Gasteiger charge is 2.41. The number of nitrogens with one attached hydrogen (secondary N) is 2. The van der Waals surface area contributed by atoms with Crippen molar-refractivity contribution in [1.82, 2.24) is 25.4 Å². The molecule has 0 saturated carbocycles. The topological polar surface area (TPSA) is 152 Å². The van der Waals surface area contributed by atoms with Crippen molar-refractivity contribution in [2.24, 2.45) is 5.41 Å². The number of hydrogen-bond acceptors (Lipinski definition) is 8. The Kier molecular flexibility index (Phi) is 9.58. The number of aryl methyl sites for hydroxylation is 1. The van der Waals surface area contributed by atoms with Crippen molar-refractivity contribution >= 4 is 35.5 Å². The van der Waals surface area contributed by atoms with Gasteiger partial charge in [-0.2, -0.15) is 0 Å². The number of carbonyl (C=O) groups excluding carboxylic acids is 3. The first-order chi connectivity index (χ1) is 17.9. The quantitative estimate of drug-likeness (QED) is 0.310. The molecule has 206 valence electrons. The van der Waals surface area contributed by atoms with Gasteiger partial charge in [-0.3, -0.25) is 14.5 Å². The molecule has 2 aromatic rings. The fraction of sp³-hybridized carbons (Fsp3) is 0.500. The minimum Gasteiger partial charge on any atom is -0.465 e. The van der Waals surface area contributed by atoms with Gasteiger partial charge in [0.25, 0.3) is 0 Å². The van der Waals surface area contributed by atoms with E-state index in [1.807, 2.05) is 41.6 Å². The molecule has 3 atom stereocenters. The summed E-state index contributed by atoms with van der Waals surface area (Å²) < 4.78 is 0. The minimum absolute atomic E-state index is 0.227. The Labute approximate surface area is 225 Å². The number of thiazole rings is 1. The van der Waals surface area contributed by atoms with Crippen molar-refractivity contribution in [3.05, 3.63) is 41.0 Å². The molecule has 38 heavy (non-hydrogen) atoms. The van der Waals surface area contributed by atoms with Crippen LogP contribution in [0.5, 0.6) is 0 Å². The lowest BCUT2D eigenvalue weighted by Gasteiger charge is -2.37. The molecular weight excluding hydrogens is 510 g/mol. The molecule has 0 unspecified atom stereocenters. The van der Waals surface area contributed by atoms with Crippen molar-refractivity contribution in [3.63, 3.8) is 0 Å². The average Bonchev–Trinajstić information content (AvgIpc) is 3.45. The number of carbonyl (C=O) groups is 4. The van der Waals surface area contributed by atoms with Gasteiger partial charge in [-0.25, -0.2) is 9.78 Å². The van der Waals surface area contributed by atoms with Crippen LogP contribution in [0, 0.1) is 12.3 Å². The van der Waals surface area contributed by atoms with E-state index in [1.54, 1.807) is 25.2 Å². The van der Waals surface area contributed by atoms with E-state index in [1.165, 1.54) is 7.05 Å². The predicted octanol–water partition coefficient (Wildman–Crippen LogP) is 1.49. The van der Waals surface area contributed by atoms with Crippen LogP contribution >= 0.6 is 11.3 Å². The van der Waals surface area contributed by atoms with Crippen LogP contribution in [0.4, 0.5) is 4.79 Å². The summed E-state index contributed by atoms with van der Waals surface area (Å²) in [6, 6.07) is 6.40. The summed E-state index contributed by atoms with van der Waals surface area (Å²) in [5, 5.41) is 24.8. The number of aliphatic hydroxyl groups is 1. The number of likely N-dealkylation sites (N-methyl/N-ethyl adjacent to an activating group) is 1. The van der Waals surface area contributed by atoms with Gasteiger partial charge in [0.2, 0.25) is 11.8 Å². The largest absolute Gasteiger partial charge is 0.465 e. The van der Waals surface area contributed by atoms with E-state index in [0.717, 1.165) is 26.6 Å². The summed E-state index contributed by atoms with van der Waals surface area (Å²) in [5.41, 5.74) is 3.99. The van der Waals surface area contributed by atoms with Crippen molar-refractivity contribution < 1.29 is 29.4 Å². The molecule has 0 bridgehead atoms. The number of benzene rings is 1. The standard InChI is InChI=1S/C26H35N5O6S/c1-16-23(38-15-28-16)18-7-5-17(6-8-18)10-27-24(35)20-9-19(33)11-31(20)14-26(2,3)21(13-32)29-22(34)12-30(4)25(36)37/h5-8,13,15,19-21,33H,9-12,14H2,1-4H3,(H,27,35)(H,29,34)(H,36,37)/t19-,20+,21-/m1/s1. The van der Waals surface area contributed by atoms with Crippen molar-refractivity contribution in [2.75, 3.05) is 26.7 Å². The number of rotatable bonds is 11. The van der Waals surface area contributed by atoms with E-state index in [-0.39, 0.29) is 25.4 Å². The van der Waals surface area contributed by atoms with Crippen LogP contribution in [0.15, 0.2) is 29.8 Å². The zero-order chi connectivity index (χ0) is 28.0. The second-order valence-corrected chi connectivity index (χ2v) is 11.2. The summed E-state index contributed by atoms with van der Waals surface area (Å²) in [6.45, 7) is 5.95. The van der Waals surface area contributed by atoms with E-state index in [2.05, 4.69) is 15.6 Å². The first-order valence-corrected chi connectivity index (χ1v) is 13.2. The van der Waals surface area contributed by atoms with Gasteiger partial charge in [0, 0.05) is 32.1 Å². The predicted molar refractivity (Wildman–Crippen MR) is 143 cm³/mol. The lowest BCUT2D eigenvalue weighted by Crippen LogP contribution is -2.55. The van der Waals surface area contributed by atoms with Gasteiger partial charge in [0.15, 0.2) is 0 Å². The van der Waals surface area contributed by atoms with Crippen LogP contribution in [-0.4, -0.2) is 94.1 Å². The van der Waals surface area contributed by atoms with Crippen molar-refractivity contribution in [2.45, 2.75) is 51.9 Å². The molecule has 1 saturated heterocycles. The number of aliphatic hydroxyl groups excluding tert-OH is 1. The SMILES string of the molecule is Cc1ncsc1-c1ccc(CNC(=O)[C@@H]2C[C@@H](O)CN2CC(C)(C)[C@@H](C=O)NC(=O)CN(C)C(=O)O)cc1. The molecule has 1 aromatic heterocycles. The molecule has 1 aromatic carbocycles. The molecule has 0 aliphatic carbocycles. The zero-order valence-electron chi connectivity index (χ0n) is 22.0. The first-order valence-electron chi connectivity index (χ1n) is 12.3. The second kappa shape index (κ2) is 12.5. The van der Waals surface area contributed by atoms with Crippen molar-refractivity contribution in [3.8, 4) is 10.4 Å². The van der Waals surface area contributed by atoms with E-state index in [9.17, 15) is 24.3 Å². The van der Waals surface area contributed by atoms with Crippen molar-refractivity contribution in [1.29, 1.82) is 0 Å². The Bertz CT molecular complexity index is 1150. The van der Waals surface area contributed by atoms with Gasteiger partial charge in [-0.1, -0.05) is 38.1 Å². The molecule has 12 heteroatoms. The number of aromatic nitrogens is 1. The minimum atomic E-state index is -1.26. The third-order valence-electron chi connectivity index (χ3n) is 6.72. The maximum atomic E-state index is 13.1. The molecule has 11 nitrogen and oxygen atoms in total. The molecule has 0 radical (unpaired) electrons. The molecule has 1 fully saturated rings. The van der Waals surface area contributed by atoms with Crippen LogP contribution < -0.4 is 10.6 Å². The van der Waals surface area contributed by atoms with Crippen LogP contribution in [0.2, 0.25) is 0 Å². The summed E-state index contributed by atoms with van der Waals surface area (Å²) in [7, 11) is 1.26. The lowest BCUT2D eigenvalue weighted by atomic mass is 9.84. The van der Waals surface area contributed by atoms with Crippen LogP contribution in [-0.2, 0) is 20.9 Å². The number of likely N-dealkylation sites (tertiary alicyclic amines) is 1. The number of carboxylic acid groups (broad SMARTS) is 1. The van der Waals surface area contributed by atoms with Gasteiger partial charge in [0.1, 0.15) is 12.8 Å². The van der Waals surface area contributed by atoms with E-state index in [0.29, 0.717) is 12.8 Å². The van der Waals surface area contributed by atoms with Gasteiger partial charge in [-0.05, 0) is 24.5 Å². The number of β-amino-alcohol motifs (C(OH)–C–C–N with tert-alkyl or cyclic N) is 1. The highest BCUT2D eigenvalue weighted by Crippen LogP contribution is 2.28. The Morgan fingerprint density at radius 2 is 1.97 bits per heavy atom. The molecule has 4 N–H and O–H groups in total. The Morgan fingerprint density at radius 3 is 2.55 bits per heavy atom. The Balaban J connectivity index is 1.59. The summed E-state index contributed by atoms with van der Waals surface area (Å²) in [6.07, 6.45) is -1.09. The monoisotopic (exact) mass is 545 g/mol. The number of aldehydes is 1. The van der Waals surface area contributed by atoms with E-state index >= 15 is 0 Å². The van der Waals surface area contributed by atoms with Gasteiger partial charge < -0.3 is 30.5 Å². The van der Waals surface area contributed by atoms with Gasteiger partial charge >= 0.3 is 6.09 Å². The summed E-state index contributed by atoms with van der Waals surface area (Å²) in [4.78, 5) is 56.2. The van der Waals surface area contributed by atoms with E-state index < -0.39 is 42.1 Å². The third kappa shape index (κ3) is 7.36. The fourth-order valence-electron chi connectivity index (χ4n) is 4.52. The molecule has 0 spiro atoms. The second-order valence-electron chi connectivity index (χ2n) is 10.3. The molecule has 3 rings (SSSR count). The van der Waals surface area contributed by atoms with Gasteiger partial charge in [-0.15, -0.1) is 11.3 Å². The maximum Gasteiger partial charge on any atom is 0.407 e. The molecule has 3 amide bonds. The van der Waals surface area contributed by atoms with Crippen LogP contribution in [0.3, 0.4) is 0 Å². The molecular formula is C26H35N5O6S. The number of amides is 3. The number of hydrogen-bond donors (Lipinski definition) is 4. The molecule has 1 aliphatic rings. The maximum absolute atomic E-state index is 13.1. The first kappa shape index (κ1) is 29.2.